The summed E-state index contributed by atoms with van der Waals surface area (Å²) < 4.78 is 34.1. The number of rotatable bonds is 12. The van der Waals surface area contributed by atoms with Crippen molar-refractivity contribution in [2.24, 2.45) is 0 Å². The van der Waals surface area contributed by atoms with E-state index >= 15 is 0 Å². The second-order valence-corrected chi connectivity index (χ2v) is 9.31. The first kappa shape index (κ1) is 26.9. The third-order valence-corrected chi connectivity index (χ3v) is 6.58. The molecule has 0 radical (unpaired) electrons. The Bertz CT molecular complexity index is 1200. The molecule has 4 rings (SSSR count). The van der Waals surface area contributed by atoms with E-state index in [9.17, 15) is 5.11 Å². The third kappa shape index (κ3) is 6.80. The summed E-state index contributed by atoms with van der Waals surface area (Å²) in [6, 6.07) is 15.3. The molecule has 1 unspecified atom stereocenters. The van der Waals surface area contributed by atoms with Gasteiger partial charge in [-0.25, -0.2) is 0 Å². The Balaban J connectivity index is 1.32. The molecule has 1 aliphatic heterocycles. The van der Waals surface area contributed by atoms with Gasteiger partial charge in [-0.15, -0.1) is 0 Å². The predicted molar refractivity (Wildman–Crippen MR) is 144 cm³/mol. The van der Waals surface area contributed by atoms with E-state index in [0.717, 1.165) is 40.1 Å². The summed E-state index contributed by atoms with van der Waals surface area (Å²) in [6.45, 7) is 2.51. The molecule has 0 aliphatic carbocycles. The summed E-state index contributed by atoms with van der Waals surface area (Å²) in [5, 5.41) is 14.1. The van der Waals surface area contributed by atoms with Gasteiger partial charge in [0, 0.05) is 6.54 Å². The van der Waals surface area contributed by atoms with Crippen molar-refractivity contribution < 1.29 is 33.5 Å². The monoisotopic (exact) mass is 573 g/mol. The van der Waals surface area contributed by atoms with Crippen LogP contribution in [0.5, 0.6) is 34.5 Å². The molecule has 3 aromatic rings. The van der Waals surface area contributed by atoms with Crippen molar-refractivity contribution in [1.82, 2.24) is 5.32 Å². The smallest absolute Gasteiger partial charge is 0.175 e. The first-order chi connectivity index (χ1) is 18.0. The van der Waals surface area contributed by atoms with Crippen LogP contribution in [-0.4, -0.2) is 52.8 Å². The first-order valence-electron chi connectivity index (χ1n) is 12.0. The number of nitrogens with one attached hydrogen (secondary N) is 1. The zero-order valence-corrected chi connectivity index (χ0v) is 22.8. The number of aliphatic hydroxyl groups excluding tert-OH is 1. The average molecular weight is 574 g/mol. The molecule has 9 heteroatoms. The van der Waals surface area contributed by atoms with Gasteiger partial charge in [-0.2, -0.15) is 0 Å². The molecule has 1 atom stereocenters. The lowest BCUT2D eigenvalue weighted by molar-refractivity contribution is 0.105. The van der Waals surface area contributed by atoms with Crippen LogP contribution in [-0.2, 0) is 13.0 Å². The highest BCUT2D eigenvalue weighted by molar-refractivity contribution is 9.10. The number of hydrogen-bond acceptors (Lipinski definition) is 8. The zero-order valence-electron chi connectivity index (χ0n) is 21.2. The van der Waals surface area contributed by atoms with Crippen LogP contribution in [0, 0.1) is 0 Å². The van der Waals surface area contributed by atoms with Gasteiger partial charge < -0.3 is 38.8 Å². The minimum Gasteiger partial charge on any atom is -0.493 e. The number of halogens is 1. The van der Waals surface area contributed by atoms with Gasteiger partial charge in [0.15, 0.2) is 34.5 Å². The molecule has 1 heterocycles. The maximum Gasteiger partial charge on any atom is 0.175 e. The van der Waals surface area contributed by atoms with Gasteiger partial charge in [0.05, 0.1) is 25.8 Å². The van der Waals surface area contributed by atoms with E-state index in [0.29, 0.717) is 48.3 Å². The number of hydrogen-bond donors (Lipinski definition) is 2. The van der Waals surface area contributed by atoms with Crippen LogP contribution < -0.4 is 33.7 Å². The molecule has 0 saturated carbocycles. The van der Waals surface area contributed by atoms with E-state index in [1.54, 1.807) is 33.5 Å². The minimum atomic E-state index is -0.842. The van der Waals surface area contributed by atoms with Crippen molar-refractivity contribution in [2.75, 3.05) is 47.7 Å². The van der Waals surface area contributed by atoms with Crippen LogP contribution in [0.1, 0.15) is 22.8 Å². The molecule has 0 amide bonds. The molecule has 0 fully saturated rings. The van der Waals surface area contributed by atoms with Gasteiger partial charge in [-0.1, -0.05) is 12.1 Å². The first-order valence-corrected chi connectivity index (χ1v) is 12.8. The summed E-state index contributed by atoms with van der Waals surface area (Å²) in [6.07, 6.45) is 0.00258. The molecule has 0 bridgehead atoms. The predicted octanol–water partition coefficient (Wildman–Crippen LogP) is 4.69. The van der Waals surface area contributed by atoms with Crippen molar-refractivity contribution in [1.29, 1.82) is 0 Å². The number of fused-ring (bicyclic) bond motifs is 1. The second kappa shape index (κ2) is 12.9. The number of aliphatic hydroxyl groups is 1. The largest absolute Gasteiger partial charge is 0.493 e. The molecular formula is C28H32BrNO7. The molecule has 0 saturated heterocycles. The normalized spacial score (nSPS) is 13.1. The van der Waals surface area contributed by atoms with E-state index in [-0.39, 0.29) is 6.61 Å². The highest BCUT2D eigenvalue weighted by Crippen LogP contribution is 2.38. The van der Waals surface area contributed by atoms with Crippen molar-refractivity contribution in [3.63, 3.8) is 0 Å². The van der Waals surface area contributed by atoms with Crippen molar-refractivity contribution >= 4 is 15.9 Å². The molecule has 198 valence electrons. The standard InChI is InChI=1S/C28H32BrNO7/c1-32-23-6-4-18(13-25(23)33-2)8-9-30-16-19-12-21(29)28(27(14-19)34-3)37-17-22(31)20-5-7-24-26(15-20)36-11-10-35-24/h4-7,12-15,22,30-31H,8-11,16-17H2,1-3H3. The highest BCUT2D eigenvalue weighted by Gasteiger charge is 2.18. The molecule has 3 aromatic carbocycles. The highest BCUT2D eigenvalue weighted by atomic mass is 79.9. The quantitative estimate of drug-likeness (QED) is 0.302. The van der Waals surface area contributed by atoms with Crippen LogP contribution in [0.25, 0.3) is 0 Å². The molecule has 0 aromatic heterocycles. The van der Waals surface area contributed by atoms with Crippen LogP contribution in [0.4, 0.5) is 0 Å². The fraction of sp³-hybridized carbons (Fsp3) is 0.357. The van der Waals surface area contributed by atoms with Gasteiger partial charge in [0.25, 0.3) is 0 Å². The van der Waals surface area contributed by atoms with E-state index in [1.807, 2.05) is 36.4 Å². The lowest BCUT2D eigenvalue weighted by Gasteiger charge is -2.21. The Morgan fingerprint density at radius 2 is 1.59 bits per heavy atom. The summed E-state index contributed by atoms with van der Waals surface area (Å²) in [4.78, 5) is 0. The van der Waals surface area contributed by atoms with Gasteiger partial charge in [0.1, 0.15) is 25.9 Å². The maximum atomic E-state index is 10.7. The lowest BCUT2D eigenvalue weighted by atomic mass is 10.1. The fourth-order valence-corrected chi connectivity index (χ4v) is 4.65. The minimum absolute atomic E-state index is 0.0531. The van der Waals surface area contributed by atoms with E-state index in [4.69, 9.17) is 28.4 Å². The SMILES string of the molecule is COc1ccc(CCNCc2cc(Br)c(OCC(O)c3ccc4c(c3)OCCO4)c(OC)c2)cc1OC. The van der Waals surface area contributed by atoms with Crippen molar-refractivity contribution in [2.45, 2.75) is 19.1 Å². The Hall–Kier alpha value is -3.14. The molecular weight excluding hydrogens is 542 g/mol. The second-order valence-electron chi connectivity index (χ2n) is 8.46. The lowest BCUT2D eigenvalue weighted by Crippen LogP contribution is -2.17. The Kier molecular flexibility index (Phi) is 9.38. The molecule has 37 heavy (non-hydrogen) atoms. The number of benzene rings is 3. The zero-order chi connectivity index (χ0) is 26.2. The molecule has 0 spiro atoms. The van der Waals surface area contributed by atoms with Crippen LogP contribution in [0.15, 0.2) is 53.0 Å². The molecule has 8 nitrogen and oxygen atoms in total. The molecule has 2 N–H and O–H groups in total. The summed E-state index contributed by atoms with van der Waals surface area (Å²) in [5.74, 6) is 3.87. The van der Waals surface area contributed by atoms with Crippen LogP contribution >= 0.6 is 15.9 Å². The Morgan fingerprint density at radius 3 is 2.35 bits per heavy atom. The summed E-state index contributed by atoms with van der Waals surface area (Å²) in [5.41, 5.74) is 2.88. The summed E-state index contributed by atoms with van der Waals surface area (Å²) in [7, 11) is 4.86. The van der Waals surface area contributed by atoms with E-state index in [1.165, 1.54) is 0 Å². The Labute approximate surface area is 225 Å². The van der Waals surface area contributed by atoms with Crippen molar-refractivity contribution in [3.05, 3.63) is 69.7 Å². The van der Waals surface area contributed by atoms with Crippen LogP contribution in [0.3, 0.4) is 0 Å². The van der Waals surface area contributed by atoms with Crippen LogP contribution in [0.2, 0.25) is 0 Å². The number of methoxy groups -OCH3 is 3. The topological polar surface area (TPSA) is 87.6 Å². The van der Waals surface area contributed by atoms with Crippen molar-refractivity contribution in [3.8, 4) is 34.5 Å². The van der Waals surface area contributed by atoms with Gasteiger partial charge in [-0.05, 0) is 82.0 Å². The third-order valence-electron chi connectivity index (χ3n) is 5.99. The van der Waals surface area contributed by atoms with E-state index in [2.05, 4.69) is 21.2 Å². The summed E-state index contributed by atoms with van der Waals surface area (Å²) >= 11 is 3.59. The fourth-order valence-electron chi connectivity index (χ4n) is 4.04. The Morgan fingerprint density at radius 1 is 0.865 bits per heavy atom. The number of ether oxygens (including phenoxy) is 6. The van der Waals surface area contributed by atoms with Gasteiger partial charge in [-0.3, -0.25) is 0 Å². The van der Waals surface area contributed by atoms with Gasteiger partial charge >= 0.3 is 0 Å². The maximum absolute atomic E-state index is 10.7. The van der Waals surface area contributed by atoms with E-state index < -0.39 is 6.10 Å². The van der Waals surface area contributed by atoms with Gasteiger partial charge in [0.2, 0.25) is 0 Å². The average Bonchev–Trinajstić information content (AvgIpc) is 2.93. The molecule has 1 aliphatic rings.